The van der Waals surface area contributed by atoms with Crippen molar-refractivity contribution in [1.82, 2.24) is 0 Å². The number of hydrogen-bond acceptors (Lipinski definition) is 1. The summed E-state index contributed by atoms with van der Waals surface area (Å²) in [4.78, 5) is 0. The average molecular weight is 416 g/mol. The van der Waals surface area contributed by atoms with Crippen molar-refractivity contribution in [3.05, 3.63) is 12.2 Å². The van der Waals surface area contributed by atoms with Gasteiger partial charge in [0.15, 0.2) is 0 Å². The van der Waals surface area contributed by atoms with Gasteiger partial charge in [0.2, 0.25) is 0 Å². The van der Waals surface area contributed by atoms with Gasteiger partial charge in [-0.2, -0.15) is 0 Å². The van der Waals surface area contributed by atoms with Crippen LogP contribution in [-0.2, 0) is 0 Å². The molecular weight excluding hydrogens is 408 g/mol. The molecule has 2 N–H and O–H groups in total. The van der Waals surface area contributed by atoms with Crippen molar-refractivity contribution in [2.24, 2.45) is 5.73 Å². The molecule has 0 aromatic carbocycles. The molecule has 0 bridgehead atoms. The minimum absolute atomic E-state index is 0.430. The van der Waals surface area contributed by atoms with Gasteiger partial charge in [-0.05, 0) is 0 Å². The monoisotopic (exact) mass is 415 g/mol. The third-order valence-electron chi connectivity index (χ3n) is 0.691. The lowest BCUT2D eigenvalue weighted by Crippen LogP contribution is -2.10. The fraction of sp³-hybridized carbons (Fsp3) is 0.600. The molecule has 0 aliphatic rings. The molecule has 0 saturated heterocycles. The van der Waals surface area contributed by atoms with Gasteiger partial charge in [0.25, 0.3) is 0 Å². The third kappa shape index (κ3) is 7.54. The van der Waals surface area contributed by atoms with Crippen molar-refractivity contribution in [2.75, 3.05) is 6.54 Å². The lowest BCUT2D eigenvalue weighted by atomic mass is 10.4. The van der Waals surface area contributed by atoms with E-state index < -0.39 is 0 Å². The zero-order chi connectivity index (χ0) is 7.28. The second-order valence-corrected chi connectivity index (χ2v) is 7.11. The Kier molecular flexibility index (Phi) is 7.51. The molecule has 2 unspecified atom stereocenters. The van der Waals surface area contributed by atoms with Gasteiger partial charge in [0.05, 0.1) is 2.83 Å². The zero-order valence-corrected chi connectivity index (χ0v) is 10.6. The Morgan fingerprint density at radius 1 is 1.44 bits per heavy atom. The van der Waals surface area contributed by atoms with Crippen LogP contribution in [0, 0.1) is 0 Å². The standard InChI is InChI=1S/C5H8BrI2N/c6-5(8)2-1-4(7)3-9/h1-2,4-5H,3,9H2. The summed E-state index contributed by atoms with van der Waals surface area (Å²) in [7, 11) is 0. The molecule has 4 heteroatoms. The van der Waals surface area contributed by atoms with Crippen molar-refractivity contribution in [3.63, 3.8) is 0 Å². The Hall–Kier alpha value is 1.64. The van der Waals surface area contributed by atoms with Crippen LogP contribution in [0.4, 0.5) is 0 Å². The van der Waals surface area contributed by atoms with Crippen LogP contribution in [0.15, 0.2) is 12.2 Å². The molecular formula is C5H8BrI2N. The van der Waals surface area contributed by atoms with E-state index in [9.17, 15) is 0 Å². The van der Waals surface area contributed by atoms with Crippen molar-refractivity contribution in [1.29, 1.82) is 0 Å². The maximum Gasteiger partial charge on any atom is 0.0842 e. The number of nitrogens with two attached hydrogens (primary N) is 1. The number of rotatable bonds is 3. The lowest BCUT2D eigenvalue weighted by Gasteiger charge is -1.97. The quantitative estimate of drug-likeness (QED) is 0.428. The first kappa shape index (κ1) is 10.6. The number of allylic oxidation sites excluding steroid dienone is 1. The van der Waals surface area contributed by atoms with E-state index in [0.29, 0.717) is 13.3 Å². The highest BCUT2D eigenvalue weighted by molar-refractivity contribution is 14.1. The smallest absolute Gasteiger partial charge is 0.0842 e. The Morgan fingerprint density at radius 2 is 2.00 bits per heavy atom. The normalized spacial score (nSPS) is 18.2. The molecule has 0 aromatic heterocycles. The highest BCUT2D eigenvalue weighted by atomic mass is 127. The third-order valence-corrected chi connectivity index (χ3v) is 2.33. The van der Waals surface area contributed by atoms with Crippen LogP contribution in [0.5, 0.6) is 0 Å². The number of halogens is 3. The summed E-state index contributed by atoms with van der Waals surface area (Å²) < 4.78 is 0.899. The minimum Gasteiger partial charge on any atom is -0.329 e. The van der Waals surface area contributed by atoms with Crippen molar-refractivity contribution < 1.29 is 0 Å². The largest absolute Gasteiger partial charge is 0.329 e. The molecule has 1 nitrogen and oxygen atoms in total. The topological polar surface area (TPSA) is 26.0 Å². The molecule has 2 atom stereocenters. The summed E-state index contributed by atoms with van der Waals surface area (Å²) in [5.41, 5.74) is 5.38. The van der Waals surface area contributed by atoms with Crippen molar-refractivity contribution in [3.8, 4) is 0 Å². The van der Waals surface area contributed by atoms with E-state index in [1.807, 2.05) is 0 Å². The van der Waals surface area contributed by atoms with Crippen molar-refractivity contribution >= 4 is 61.1 Å². The second-order valence-electron chi connectivity index (χ2n) is 1.47. The van der Waals surface area contributed by atoms with E-state index in [0.717, 1.165) is 0 Å². The Balaban J connectivity index is 3.43. The maximum atomic E-state index is 5.38. The summed E-state index contributed by atoms with van der Waals surface area (Å²) >= 11 is 7.97. The molecule has 0 aromatic rings. The first-order valence-corrected chi connectivity index (χ1v) is 5.88. The Labute approximate surface area is 91.2 Å². The first-order valence-electron chi connectivity index (χ1n) is 2.47. The van der Waals surface area contributed by atoms with E-state index >= 15 is 0 Å². The van der Waals surface area contributed by atoms with Gasteiger partial charge in [-0.3, -0.25) is 0 Å². The summed E-state index contributed by atoms with van der Waals surface area (Å²) in [6, 6.07) is 0. The van der Waals surface area contributed by atoms with Gasteiger partial charge in [-0.1, -0.05) is 73.3 Å². The molecule has 54 valence electrons. The SMILES string of the molecule is NCC(I)C=CC(Br)I. The number of alkyl halides is 3. The Morgan fingerprint density at radius 3 is 2.33 bits per heavy atom. The van der Waals surface area contributed by atoms with Gasteiger partial charge < -0.3 is 5.73 Å². The predicted molar refractivity (Wildman–Crippen MR) is 62.7 cm³/mol. The predicted octanol–water partition coefficient (Wildman–Crippen LogP) is 2.46. The fourth-order valence-corrected chi connectivity index (χ4v) is 0.939. The Bertz CT molecular complexity index is 95.0. The van der Waals surface area contributed by atoms with E-state index in [1.54, 1.807) is 0 Å². The average Bonchev–Trinajstić information content (AvgIpc) is 1.83. The van der Waals surface area contributed by atoms with Crippen LogP contribution in [0.25, 0.3) is 0 Å². The zero-order valence-electron chi connectivity index (χ0n) is 4.73. The molecule has 0 aliphatic heterocycles. The van der Waals surface area contributed by atoms with E-state index in [1.165, 1.54) is 0 Å². The molecule has 0 heterocycles. The summed E-state index contributed by atoms with van der Waals surface area (Å²) in [6.07, 6.45) is 4.19. The summed E-state index contributed by atoms with van der Waals surface area (Å²) in [5.74, 6) is 0. The number of hydrogen-bond donors (Lipinski definition) is 1. The van der Waals surface area contributed by atoms with Crippen LogP contribution in [0.3, 0.4) is 0 Å². The van der Waals surface area contributed by atoms with Crippen LogP contribution in [0.2, 0.25) is 0 Å². The van der Waals surface area contributed by atoms with Crippen LogP contribution in [0.1, 0.15) is 0 Å². The van der Waals surface area contributed by atoms with Gasteiger partial charge in [0, 0.05) is 10.5 Å². The van der Waals surface area contributed by atoms with E-state index in [4.69, 9.17) is 5.73 Å². The molecule has 0 rings (SSSR count). The molecule has 0 amide bonds. The van der Waals surface area contributed by atoms with Gasteiger partial charge in [0.1, 0.15) is 0 Å². The highest BCUT2D eigenvalue weighted by Gasteiger charge is 1.94. The van der Waals surface area contributed by atoms with Crippen LogP contribution < -0.4 is 5.73 Å². The van der Waals surface area contributed by atoms with Crippen LogP contribution in [-0.4, -0.2) is 13.3 Å². The molecule has 0 fully saturated rings. The second kappa shape index (κ2) is 6.36. The lowest BCUT2D eigenvalue weighted by molar-refractivity contribution is 1.05. The first-order chi connectivity index (χ1) is 4.16. The summed E-state index contributed by atoms with van der Waals surface area (Å²) in [5, 5.41) is 0. The maximum absolute atomic E-state index is 5.38. The van der Waals surface area contributed by atoms with Crippen LogP contribution >= 0.6 is 61.1 Å². The van der Waals surface area contributed by atoms with E-state index in [-0.39, 0.29) is 0 Å². The highest BCUT2D eigenvalue weighted by Crippen LogP contribution is 2.11. The van der Waals surface area contributed by atoms with Crippen molar-refractivity contribution in [2.45, 2.75) is 6.76 Å². The van der Waals surface area contributed by atoms with Gasteiger partial charge in [-0.25, -0.2) is 0 Å². The van der Waals surface area contributed by atoms with E-state index in [2.05, 4.69) is 73.3 Å². The summed E-state index contributed by atoms with van der Waals surface area (Å²) in [6.45, 7) is 0.716. The molecule has 0 saturated carbocycles. The molecule has 0 aliphatic carbocycles. The van der Waals surface area contributed by atoms with Gasteiger partial charge >= 0.3 is 0 Å². The van der Waals surface area contributed by atoms with Gasteiger partial charge in [-0.15, -0.1) is 0 Å². The fourth-order valence-electron chi connectivity index (χ4n) is 0.283. The minimum atomic E-state index is 0.430. The molecule has 0 spiro atoms. The molecule has 0 radical (unpaired) electrons. The molecule has 9 heavy (non-hydrogen) atoms.